The van der Waals surface area contributed by atoms with Gasteiger partial charge in [0.15, 0.2) is 0 Å². The summed E-state index contributed by atoms with van der Waals surface area (Å²) in [6, 6.07) is 17.4. The molecule has 0 unspecified atom stereocenters. The van der Waals surface area contributed by atoms with Crippen LogP contribution in [0.3, 0.4) is 0 Å². The molecular weight excluding hydrogens is 333 g/mol. The minimum atomic E-state index is -0.326. The summed E-state index contributed by atoms with van der Waals surface area (Å²) in [4.78, 5) is 5.33. The van der Waals surface area contributed by atoms with Gasteiger partial charge in [0.25, 0.3) is 0 Å². The third-order valence-corrected chi connectivity index (χ3v) is 5.42. The lowest BCUT2D eigenvalue weighted by Gasteiger charge is -2.06. The second-order valence-corrected chi connectivity index (χ2v) is 6.92. The Morgan fingerprint density at radius 1 is 0.960 bits per heavy atom. The number of nitrogens with one attached hydrogen (secondary N) is 1. The van der Waals surface area contributed by atoms with E-state index < -0.39 is 0 Å². The van der Waals surface area contributed by atoms with Gasteiger partial charge in [0.05, 0.1) is 11.7 Å². The fourth-order valence-electron chi connectivity index (χ4n) is 3.10. The number of hydrogen-bond acceptors (Lipinski definition) is 3. The Bertz CT molecular complexity index is 1190. The Morgan fingerprint density at radius 3 is 2.76 bits per heavy atom. The van der Waals surface area contributed by atoms with E-state index in [0.717, 1.165) is 26.9 Å². The maximum Gasteiger partial charge on any atom is 0.149 e. The largest absolute Gasteiger partial charge is 0.277 e. The van der Waals surface area contributed by atoms with Gasteiger partial charge in [-0.25, -0.2) is 4.39 Å². The van der Waals surface area contributed by atoms with Gasteiger partial charge < -0.3 is 0 Å². The molecule has 3 heterocycles. The van der Waals surface area contributed by atoms with Crippen LogP contribution in [0.4, 0.5) is 4.39 Å². The van der Waals surface area contributed by atoms with Crippen molar-refractivity contribution in [1.82, 2.24) is 15.2 Å². The summed E-state index contributed by atoms with van der Waals surface area (Å²) in [5.74, 6) is -0.326. The molecule has 0 aliphatic rings. The van der Waals surface area contributed by atoms with E-state index in [4.69, 9.17) is 0 Å². The minimum Gasteiger partial charge on any atom is -0.277 e. The predicted molar refractivity (Wildman–Crippen MR) is 100 cm³/mol. The molecule has 0 saturated heterocycles. The summed E-state index contributed by atoms with van der Waals surface area (Å²) in [6.07, 6.45) is 3.37. The number of halogens is 1. The number of aromatic nitrogens is 3. The van der Waals surface area contributed by atoms with Gasteiger partial charge in [0.1, 0.15) is 11.5 Å². The van der Waals surface area contributed by atoms with Crippen molar-refractivity contribution in [1.29, 1.82) is 0 Å². The molecule has 1 N–H and O–H groups in total. The van der Waals surface area contributed by atoms with Crippen molar-refractivity contribution in [2.75, 3.05) is 0 Å². The second-order valence-electron chi connectivity index (χ2n) is 5.84. The highest BCUT2D eigenvalue weighted by Crippen LogP contribution is 2.39. The average molecular weight is 345 g/mol. The zero-order chi connectivity index (χ0) is 16.8. The standard InChI is InChI=1S/C20H12FN3S/c21-16-5-3-7-22-20(16)13-8-14-11-23-24-19(14)15(9-13)18-10-12-4-1-2-6-17(12)25-18/h1-11H,(H,23,24). The monoisotopic (exact) mass is 345 g/mol. The van der Waals surface area contributed by atoms with Crippen molar-refractivity contribution in [3.63, 3.8) is 0 Å². The lowest BCUT2D eigenvalue weighted by atomic mass is 10.0. The first-order chi connectivity index (χ1) is 12.3. The molecule has 0 bridgehead atoms. The number of nitrogens with zero attached hydrogens (tertiary/aromatic N) is 2. The highest BCUT2D eigenvalue weighted by molar-refractivity contribution is 7.22. The number of benzene rings is 2. The van der Waals surface area contributed by atoms with Crippen molar-refractivity contribution in [2.24, 2.45) is 0 Å². The predicted octanol–water partition coefficient (Wildman–Crippen LogP) is 5.65. The molecule has 0 spiro atoms. The number of fused-ring (bicyclic) bond motifs is 2. The van der Waals surface area contributed by atoms with E-state index in [2.05, 4.69) is 33.4 Å². The van der Waals surface area contributed by atoms with Crippen LogP contribution in [0.15, 0.2) is 67.0 Å². The van der Waals surface area contributed by atoms with Gasteiger partial charge in [-0.05, 0) is 41.8 Å². The maximum atomic E-state index is 14.2. The Morgan fingerprint density at radius 2 is 1.88 bits per heavy atom. The summed E-state index contributed by atoms with van der Waals surface area (Å²) >= 11 is 1.71. The van der Waals surface area contributed by atoms with Crippen LogP contribution in [0.1, 0.15) is 0 Å². The third kappa shape index (κ3) is 2.32. The first-order valence-corrected chi connectivity index (χ1v) is 8.68. The Hall–Kier alpha value is -3.05. The summed E-state index contributed by atoms with van der Waals surface area (Å²) in [5.41, 5.74) is 3.07. The summed E-state index contributed by atoms with van der Waals surface area (Å²) in [7, 11) is 0. The molecule has 0 radical (unpaired) electrons. The number of thiophene rings is 1. The fourth-order valence-corrected chi connectivity index (χ4v) is 4.19. The van der Waals surface area contributed by atoms with Crippen molar-refractivity contribution in [3.8, 4) is 21.7 Å². The summed E-state index contributed by atoms with van der Waals surface area (Å²) in [5, 5.41) is 9.37. The molecule has 5 heteroatoms. The van der Waals surface area contributed by atoms with Gasteiger partial charge in [-0.3, -0.25) is 10.1 Å². The lowest BCUT2D eigenvalue weighted by molar-refractivity contribution is 0.626. The topological polar surface area (TPSA) is 41.6 Å². The Balaban J connectivity index is 1.80. The molecule has 3 nitrogen and oxygen atoms in total. The normalized spacial score (nSPS) is 11.4. The van der Waals surface area contributed by atoms with Gasteiger partial charge in [-0.2, -0.15) is 5.10 Å². The minimum absolute atomic E-state index is 0.326. The van der Waals surface area contributed by atoms with Crippen LogP contribution in [0.2, 0.25) is 0 Å². The third-order valence-electron chi connectivity index (χ3n) is 4.27. The van der Waals surface area contributed by atoms with Crippen LogP contribution in [0.25, 0.3) is 42.7 Å². The molecule has 2 aromatic carbocycles. The number of aromatic amines is 1. The highest BCUT2D eigenvalue weighted by Gasteiger charge is 2.14. The van der Waals surface area contributed by atoms with E-state index >= 15 is 0 Å². The van der Waals surface area contributed by atoms with E-state index in [1.807, 2.05) is 24.3 Å². The van der Waals surface area contributed by atoms with Crippen molar-refractivity contribution >= 4 is 32.3 Å². The molecule has 0 aliphatic carbocycles. The molecule has 0 fully saturated rings. The first-order valence-electron chi connectivity index (χ1n) is 7.86. The molecule has 0 aliphatic heterocycles. The number of H-pyrrole nitrogens is 1. The number of pyridine rings is 1. The van der Waals surface area contributed by atoms with Crippen LogP contribution in [0, 0.1) is 5.82 Å². The SMILES string of the molecule is Fc1cccnc1-c1cc(-c2cc3ccccc3s2)c2[nH]ncc2c1. The summed E-state index contributed by atoms with van der Waals surface area (Å²) < 4.78 is 15.4. The van der Waals surface area contributed by atoms with Gasteiger partial charge >= 0.3 is 0 Å². The van der Waals surface area contributed by atoms with Crippen LogP contribution in [-0.2, 0) is 0 Å². The van der Waals surface area contributed by atoms with Crippen molar-refractivity contribution in [3.05, 3.63) is 72.8 Å². The molecule has 5 aromatic rings. The molecule has 0 atom stereocenters. The quantitative estimate of drug-likeness (QED) is 0.449. The van der Waals surface area contributed by atoms with E-state index in [0.29, 0.717) is 5.69 Å². The van der Waals surface area contributed by atoms with Crippen LogP contribution in [-0.4, -0.2) is 15.2 Å². The average Bonchev–Trinajstić information content (AvgIpc) is 3.27. The molecule has 3 aromatic heterocycles. The van der Waals surface area contributed by atoms with Crippen molar-refractivity contribution in [2.45, 2.75) is 0 Å². The molecule has 0 amide bonds. The maximum absolute atomic E-state index is 14.2. The van der Waals surface area contributed by atoms with Gasteiger partial charge in [0.2, 0.25) is 0 Å². The Labute approximate surface area is 146 Å². The smallest absolute Gasteiger partial charge is 0.149 e. The van der Waals surface area contributed by atoms with Gasteiger partial charge in [-0.1, -0.05) is 18.2 Å². The summed E-state index contributed by atoms with van der Waals surface area (Å²) in [6.45, 7) is 0. The number of hydrogen-bond donors (Lipinski definition) is 1. The van der Waals surface area contributed by atoms with E-state index in [9.17, 15) is 4.39 Å². The Kier molecular flexibility index (Phi) is 3.15. The zero-order valence-electron chi connectivity index (χ0n) is 13.0. The van der Waals surface area contributed by atoms with Gasteiger partial charge in [0, 0.05) is 32.3 Å². The molecule has 120 valence electrons. The fraction of sp³-hybridized carbons (Fsp3) is 0. The van der Waals surface area contributed by atoms with Crippen LogP contribution < -0.4 is 0 Å². The van der Waals surface area contributed by atoms with Crippen LogP contribution in [0.5, 0.6) is 0 Å². The van der Waals surface area contributed by atoms with Crippen LogP contribution >= 0.6 is 11.3 Å². The van der Waals surface area contributed by atoms with E-state index in [-0.39, 0.29) is 5.82 Å². The molecular formula is C20H12FN3S. The molecule has 5 rings (SSSR count). The van der Waals surface area contributed by atoms with Crippen molar-refractivity contribution < 1.29 is 4.39 Å². The lowest BCUT2D eigenvalue weighted by Crippen LogP contribution is -1.89. The molecule has 0 saturated carbocycles. The second kappa shape index (κ2) is 5.50. The molecule has 25 heavy (non-hydrogen) atoms. The zero-order valence-corrected chi connectivity index (χ0v) is 13.8. The van der Waals surface area contributed by atoms with Gasteiger partial charge in [-0.15, -0.1) is 11.3 Å². The number of rotatable bonds is 2. The van der Waals surface area contributed by atoms with E-state index in [1.165, 1.54) is 16.2 Å². The first kappa shape index (κ1) is 14.3. The van der Waals surface area contributed by atoms with E-state index in [1.54, 1.807) is 29.8 Å². The highest BCUT2D eigenvalue weighted by atomic mass is 32.1.